The molecule has 0 saturated carbocycles. The van der Waals surface area contributed by atoms with Crippen LogP contribution in [0.1, 0.15) is 24.5 Å². The highest BCUT2D eigenvalue weighted by atomic mass is 79.9. The number of carbonyl (C=O) groups excluding carboxylic acids is 1. The van der Waals surface area contributed by atoms with Crippen molar-refractivity contribution in [1.82, 2.24) is 4.57 Å². The molecule has 1 aliphatic heterocycles. The summed E-state index contributed by atoms with van der Waals surface area (Å²) in [6.45, 7) is 0.983. The van der Waals surface area contributed by atoms with E-state index in [1.165, 1.54) is 23.7 Å². The average Bonchev–Trinajstić information content (AvgIpc) is 2.91. The van der Waals surface area contributed by atoms with Crippen molar-refractivity contribution in [3.63, 3.8) is 0 Å². The summed E-state index contributed by atoms with van der Waals surface area (Å²) in [4.78, 5) is 11.4. The number of benzene rings is 1. The summed E-state index contributed by atoms with van der Waals surface area (Å²) < 4.78 is 8.19. The molecule has 3 rings (SSSR count). The van der Waals surface area contributed by atoms with Gasteiger partial charge < -0.3 is 9.30 Å². The van der Waals surface area contributed by atoms with Crippen molar-refractivity contribution < 1.29 is 9.53 Å². The van der Waals surface area contributed by atoms with E-state index in [4.69, 9.17) is 4.74 Å². The van der Waals surface area contributed by atoms with Crippen LogP contribution in [0.3, 0.4) is 0 Å². The number of rotatable bonds is 2. The van der Waals surface area contributed by atoms with E-state index in [0.717, 1.165) is 17.4 Å². The average molecular weight is 308 g/mol. The van der Waals surface area contributed by atoms with Gasteiger partial charge in [-0.1, -0.05) is 22.0 Å². The molecular weight excluding hydrogens is 294 g/mol. The molecule has 2 heterocycles. The number of carbonyl (C=O) groups is 1. The Bertz CT molecular complexity index is 618. The van der Waals surface area contributed by atoms with Crippen LogP contribution in [0.25, 0.3) is 10.9 Å². The Morgan fingerprint density at radius 2 is 2.39 bits per heavy atom. The number of fused-ring (bicyclic) bond motifs is 3. The zero-order chi connectivity index (χ0) is 12.7. The van der Waals surface area contributed by atoms with Crippen molar-refractivity contribution in [2.75, 3.05) is 7.11 Å². The molecule has 0 fully saturated rings. The largest absolute Gasteiger partial charge is 0.469 e. The van der Waals surface area contributed by atoms with E-state index in [2.05, 4.69) is 32.6 Å². The number of methoxy groups -OCH3 is 1. The van der Waals surface area contributed by atoms with Crippen LogP contribution in [0.2, 0.25) is 0 Å². The first-order chi connectivity index (χ1) is 8.70. The van der Waals surface area contributed by atoms with Crippen molar-refractivity contribution >= 4 is 32.8 Å². The lowest BCUT2D eigenvalue weighted by molar-refractivity contribution is -0.141. The van der Waals surface area contributed by atoms with Crippen molar-refractivity contribution in [1.29, 1.82) is 0 Å². The van der Waals surface area contributed by atoms with Gasteiger partial charge in [0.2, 0.25) is 0 Å². The number of hydrogen-bond acceptors (Lipinski definition) is 2. The molecule has 0 saturated heterocycles. The maximum absolute atomic E-state index is 11.4. The maximum Gasteiger partial charge on any atom is 0.306 e. The number of aryl methyl sites for hydroxylation is 1. The predicted molar refractivity (Wildman–Crippen MR) is 73.6 cm³/mol. The van der Waals surface area contributed by atoms with E-state index in [9.17, 15) is 4.79 Å². The van der Waals surface area contributed by atoms with Crippen LogP contribution in [-0.4, -0.2) is 17.6 Å². The van der Waals surface area contributed by atoms with Crippen molar-refractivity contribution in [2.24, 2.45) is 0 Å². The first-order valence-corrected chi connectivity index (χ1v) is 6.84. The second kappa shape index (κ2) is 4.43. The maximum atomic E-state index is 11.4. The molecule has 2 aromatic rings. The third-order valence-electron chi connectivity index (χ3n) is 3.68. The van der Waals surface area contributed by atoms with E-state index >= 15 is 0 Å². The van der Waals surface area contributed by atoms with Crippen molar-refractivity contribution in [3.05, 3.63) is 34.4 Å². The van der Waals surface area contributed by atoms with Gasteiger partial charge in [0.25, 0.3) is 0 Å². The molecular formula is C14H14BrNO2. The third-order valence-corrected chi connectivity index (χ3v) is 4.38. The molecule has 94 valence electrons. The fraction of sp³-hybridized carbons (Fsp3) is 0.357. The van der Waals surface area contributed by atoms with Gasteiger partial charge in [-0.3, -0.25) is 4.79 Å². The fourth-order valence-electron chi connectivity index (χ4n) is 2.78. The molecule has 0 spiro atoms. The normalized spacial score (nSPS) is 18.0. The van der Waals surface area contributed by atoms with Crippen LogP contribution in [-0.2, 0) is 16.1 Å². The van der Waals surface area contributed by atoms with Crippen LogP contribution in [0.15, 0.2) is 28.7 Å². The van der Waals surface area contributed by atoms with E-state index < -0.39 is 0 Å². The zero-order valence-corrected chi connectivity index (χ0v) is 11.7. The van der Waals surface area contributed by atoms with Gasteiger partial charge in [0.05, 0.1) is 13.5 Å². The first-order valence-electron chi connectivity index (χ1n) is 6.05. The second-order valence-corrected chi connectivity index (χ2v) is 5.51. The molecule has 3 nitrogen and oxygen atoms in total. The lowest BCUT2D eigenvalue weighted by Crippen LogP contribution is -2.06. The third kappa shape index (κ3) is 1.75. The smallest absolute Gasteiger partial charge is 0.306 e. The predicted octanol–water partition coefficient (Wildman–Crippen LogP) is 3.45. The molecule has 1 atom stereocenters. The molecule has 0 radical (unpaired) electrons. The molecule has 1 aromatic carbocycles. The minimum atomic E-state index is -0.127. The van der Waals surface area contributed by atoms with E-state index in [-0.39, 0.29) is 11.9 Å². The van der Waals surface area contributed by atoms with Gasteiger partial charge in [0, 0.05) is 33.5 Å². The Morgan fingerprint density at radius 1 is 1.56 bits per heavy atom. The molecule has 1 aliphatic rings. The van der Waals surface area contributed by atoms with Crippen LogP contribution in [0, 0.1) is 0 Å². The van der Waals surface area contributed by atoms with Crippen LogP contribution >= 0.6 is 15.9 Å². The van der Waals surface area contributed by atoms with Crippen LogP contribution in [0.4, 0.5) is 0 Å². The van der Waals surface area contributed by atoms with Gasteiger partial charge in [0.15, 0.2) is 0 Å². The Labute approximate surface area is 114 Å². The highest BCUT2D eigenvalue weighted by molar-refractivity contribution is 9.10. The van der Waals surface area contributed by atoms with E-state index in [1.807, 2.05) is 12.1 Å². The second-order valence-electron chi connectivity index (χ2n) is 4.66. The van der Waals surface area contributed by atoms with Gasteiger partial charge >= 0.3 is 5.97 Å². The minimum Gasteiger partial charge on any atom is -0.469 e. The SMILES string of the molecule is COC(=O)CC1CCn2c1cc1c(Br)cccc12. The Balaban J connectivity index is 2.04. The summed E-state index contributed by atoms with van der Waals surface area (Å²) in [6, 6.07) is 8.42. The minimum absolute atomic E-state index is 0.127. The number of nitrogens with zero attached hydrogens (tertiary/aromatic N) is 1. The van der Waals surface area contributed by atoms with Gasteiger partial charge in [-0.15, -0.1) is 0 Å². The lowest BCUT2D eigenvalue weighted by Gasteiger charge is -2.06. The highest BCUT2D eigenvalue weighted by Crippen LogP contribution is 2.38. The Morgan fingerprint density at radius 3 is 3.17 bits per heavy atom. The fourth-order valence-corrected chi connectivity index (χ4v) is 3.25. The summed E-state index contributed by atoms with van der Waals surface area (Å²) >= 11 is 3.58. The summed E-state index contributed by atoms with van der Waals surface area (Å²) in [5.41, 5.74) is 2.49. The molecule has 0 N–H and O–H groups in total. The standard InChI is InChI=1S/C14H14BrNO2/c1-18-14(17)7-9-5-6-16-12-4-2-3-11(15)10(12)8-13(9)16/h2-4,8-9H,5-7H2,1H3. The van der Waals surface area contributed by atoms with Crippen LogP contribution < -0.4 is 0 Å². The molecule has 0 aliphatic carbocycles. The van der Waals surface area contributed by atoms with Gasteiger partial charge in [-0.2, -0.15) is 0 Å². The molecule has 1 unspecified atom stereocenters. The zero-order valence-electron chi connectivity index (χ0n) is 10.1. The molecule has 4 heteroatoms. The Hall–Kier alpha value is -1.29. The highest BCUT2D eigenvalue weighted by Gasteiger charge is 2.27. The molecule has 0 bridgehead atoms. The summed E-state index contributed by atoms with van der Waals surface area (Å²) in [5, 5.41) is 1.22. The van der Waals surface area contributed by atoms with Gasteiger partial charge in [-0.25, -0.2) is 0 Å². The number of esters is 1. The van der Waals surface area contributed by atoms with Crippen LogP contribution in [0.5, 0.6) is 0 Å². The number of hydrogen-bond donors (Lipinski definition) is 0. The van der Waals surface area contributed by atoms with Crippen molar-refractivity contribution in [2.45, 2.75) is 25.3 Å². The Kier molecular flexibility index (Phi) is 2.90. The number of halogens is 1. The first kappa shape index (κ1) is 11.8. The summed E-state index contributed by atoms with van der Waals surface area (Å²) in [7, 11) is 1.45. The molecule has 1 aromatic heterocycles. The van der Waals surface area contributed by atoms with Gasteiger partial charge in [-0.05, 0) is 24.6 Å². The quantitative estimate of drug-likeness (QED) is 0.796. The molecule has 0 amide bonds. The number of ether oxygens (including phenoxy) is 1. The lowest BCUT2D eigenvalue weighted by atomic mass is 10.0. The van der Waals surface area contributed by atoms with E-state index in [1.54, 1.807) is 0 Å². The molecule has 18 heavy (non-hydrogen) atoms. The number of aromatic nitrogens is 1. The topological polar surface area (TPSA) is 31.2 Å². The van der Waals surface area contributed by atoms with Gasteiger partial charge in [0.1, 0.15) is 0 Å². The summed E-state index contributed by atoms with van der Waals surface area (Å²) in [5.74, 6) is 0.162. The monoisotopic (exact) mass is 307 g/mol. The van der Waals surface area contributed by atoms with E-state index in [0.29, 0.717) is 6.42 Å². The summed E-state index contributed by atoms with van der Waals surface area (Å²) in [6.07, 6.45) is 1.50. The van der Waals surface area contributed by atoms with Crippen molar-refractivity contribution in [3.8, 4) is 0 Å².